The Morgan fingerprint density at radius 2 is 2.29 bits per heavy atom. The van der Waals surface area contributed by atoms with Crippen molar-refractivity contribution < 1.29 is 9.66 Å². The van der Waals surface area contributed by atoms with E-state index in [0.717, 1.165) is 0 Å². The molecule has 0 saturated heterocycles. The molecule has 0 amide bonds. The first kappa shape index (κ1) is 12.8. The number of hydrogen-bond acceptors (Lipinski definition) is 5. The molecule has 0 saturated carbocycles. The average Bonchev–Trinajstić information content (AvgIpc) is 2.35. The fourth-order valence-corrected chi connectivity index (χ4v) is 1.44. The van der Waals surface area contributed by atoms with Crippen molar-refractivity contribution in [3.05, 3.63) is 28.3 Å². The number of hydrogen-bond donors (Lipinski definition) is 0. The number of benzene rings is 1. The molecule has 0 N–H and O–H groups in total. The predicted octanol–water partition coefficient (Wildman–Crippen LogP) is 1.95. The third-order valence-electron chi connectivity index (χ3n) is 2.35. The second-order valence-corrected chi connectivity index (χ2v) is 3.44. The van der Waals surface area contributed by atoms with E-state index in [1.54, 1.807) is 24.1 Å². The number of methoxy groups -OCH3 is 1. The topological polar surface area (TPSA) is 79.4 Å². The summed E-state index contributed by atoms with van der Waals surface area (Å²) in [6, 6.07) is 6.65. The number of nitrogens with zero attached hydrogens (tertiary/aromatic N) is 3. The van der Waals surface area contributed by atoms with Crippen LogP contribution < -0.4 is 9.64 Å². The summed E-state index contributed by atoms with van der Waals surface area (Å²) in [5.41, 5.74) is 0.454. The lowest BCUT2D eigenvalue weighted by Gasteiger charge is -2.17. The third-order valence-corrected chi connectivity index (χ3v) is 2.35. The van der Waals surface area contributed by atoms with E-state index in [1.807, 2.05) is 6.07 Å². The lowest BCUT2D eigenvalue weighted by Crippen LogP contribution is -2.19. The normalized spacial score (nSPS) is 9.47. The van der Waals surface area contributed by atoms with Crippen molar-refractivity contribution in [2.24, 2.45) is 0 Å². The molecule has 1 aromatic carbocycles. The summed E-state index contributed by atoms with van der Waals surface area (Å²) >= 11 is 0. The molecule has 1 aromatic rings. The van der Waals surface area contributed by atoms with Crippen LogP contribution in [-0.4, -0.2) is 25.6 Å². The summed E-state index contributed by atoms with van der Waals surface area (Å²) in [5, 5.41) is 19.4. The van der Waals surface area contributed by atoms with Crippen molar-refractivity contribution >= 4 is 11.4 Å². The Bertz CT molecular complexity index is 454. The van der Waals surface area contributed by atoms with E-state index in [-0.39, 0.29) is 5.69 Å². The Kier molecular flexibility index (Phi) is 4.29. The van der Waals surface area contributed by atoms with Gasteiger partial charge in [0.25, 0.3) is 5.69 Å². The molecule has 0 fully saturated rings. The first-order valence-corrected chi connectivity index (χ1v) is 5.00. The minimum absolute atomic E-state index is 0.0233. The lowest BCUT2D eigenvalue weighted by atomic mass is 10.2. The standard InChI is InChI=1S/C11H13N3O3/c1-13(7-3-6-12)10-5-4-9(17-2)8-11(10)14(15)16/h4-5,8H,3,7H2,1-2H3. The molecule has 0 aromatic heterocycles. The van der Waals surface area contributed by atoms with Gasteiger partial charge in [-0.2, -0.15) is 5.26 Å². The zero-order chi connectivity index (χ0) is 12.8. The number of nitro benzene ring substituents is 1. The van der Waals surface area contributed by atoms with E-state index in [4.69, 9.17) is 10.00 Å². The Hall–Kier alpha value is -2.29. The minimum atomic E-state index is -0.458. The van der Waals surface area contributed by atoms with Gasteiger partial charge in [0.15, 0.2) is 0 Å². The smallest absolute Gasteiger partial charge is 0.296 e. The van der Waals surface area contributed by atoms with E-state index >= 15 is 0 Å². The van der Waals surface area contributed by atoms with Gasteiger partial charge in [0, 0.05) is 13.6 Å². The molecule has 0 aliphatic carbocycles. The van der Waals surface area contributed by atoms with E-state index in [0.29, 0.717) is 24.4 Å². The highest BCUT2D eigenvalue weighted by atomic mass is 16.6. The summed E-state index contributed by atoms with van der Waals surface area (Å²) in [4.78, 5) is 12.2. The van der Waals surface area contributed by atoms with Gasteiger partial charge in [0.2, 0.25) is 0 Å². The molecule has 0 aliphatic rings. The second kappa shape index (κ2) is 5.70. The quantitative estimate of drug-likeness (QED) is 0.575. The van der Waals surface area contributed by atoms with Gasteiger partial charge >= 0.3 is 0 Å². The third kappa shape index (κ3) is 3.08. The highest BCUT2D eigenvalue weighted by Gasteiger charge is 2.17. The molecule has 6 nitrogen and oxygen atoms in total. The van der Waals surface area contributed by atoms with E-state index in [2.05, 4.69) is 0 Å². The summed E-state index contributed by atoms with van der Waals surface area (Å²) < 4.78 is 4.95. The maximum Gasteiger partial charge on any atom is 0.296 e. The van der Waals surface area contributed by atoms with Crippen molar-refractivity contribution in [2.75, 3.05) is 25.6 Å². The van der Waals surface area contributed by atoms with Crippen LogP contribution in [0.2, 0.25) is 0 Å². The van der Waals surface area contributed by atoms with Crippen LogP contribution in [0.15, 0.2) is 18.2 Å². The Morgan fingerprint density at radius 1 is 1.59 bits per heavy atom. The molecule has 17 heavy (non-hydrogen) atoms. The zero-order valence-electron chi connectivity index (χ0n) is 9.71. The first-order valence-electron chi connectivity index (χ1n) is 5.00. The second-order valence-electron chi connectivity index (χ2n) is 3.44. The molecule has 90 valence electrons. The van der Waals surface area contributed by atoms with Crippen molar-refractivity contribution in [3.8, 4) is 11.8 Å². The average molecular weight is 235 g/mol. The van der Waals surface area contributed by atoms with Gasteiger partial charge in [-0.15, -0.1) is 0 Å². The molecule has 0 radical (unpaired) electrons. The van der Waals surface area contributed by atoms with E-state index < -0.39 is 4.92 Å². The van der Waals surface area contributed by atoms with Crippen LogP contribution in [0.5, 0.6) is 5.75 Å². The number of nitriles is 1. The van der Waals surface area contributed by atoms with Crippen molar-refractivity contribution in [1.29, 1.82) is 5.26 Å². The monoisotopic (exact) mass is 235 g/mol. The van der Waals surface area contributed by atoms with Crippen molar-refractivity contribution in [3.63, 3.8) is 0 Å². The van der Waals surface area contributed by atoms with Crippen LogP contribution in [0.3, 0.4) is 0 Å². The molecule has 0 aliphatic heterocycles. The van der Waals surface area contributed by atoms with Crippen LogP contribution in [0, 0.1) is 21.4 Å². The number of anilines is 1. The van der Waals surface area contributed by atoms with Gasteiger partial charge in [0.05, 0.1) is 30.6 Å². The summed E-state index contributed by atoms with van der Waals surface area (Å²) in [7, 11) is 3.17. The molecule has 0 unspecified atom stereocenters. The summed E-state index contributed by atoms with van der Waals surface area (Å²) in [5.74, 6) is 0.439. The fraction of sp³-hybridized carbons (Fsp3) is 0.364. The van der Waals surface area contributed by atoms with Gasteiger partial charge in [-0.05, 0) is 12.1 Å². The molecular formula is C11H13N3O3. The van der Waals surface area contributed by atoms with E-state index in [9.17, 15) is 10.1 Å². The van der Waals surface area contributed by atoms with Crippen molar-refractivity contribution in [1.82, 2.24) is 0 Å². The Balaban J connectivity index is 3.06. The Labute approximate surface area is 99.2 Å². The lowest BCUT2D eigenvalue weighted by molar-refractivity contribution is -0.384. The Morgan fingerprint density at radius 3 is 2.82 bits per heavy atom. The zero-order valence-corrected chi connectivity index (χ0v) is 9.71. The molecule has 0 atom stereocenters. The number of rotatable bonds is 5. The van der Waals surface area contributed by atoms with Crippen LogP contribution in [0.4, 0.5) is 11.4 Å². The van der Waals surface area contributed by atoms with Crippen LogP contribution in [0.1, 0.15) is 6.42 Å². The van der Waals surface area contributed by atoms with E-state index in [1.165, 1.54) is 13.2 Å². The summed E-state index contributed by atoms with van der Waals surface area (Å²) in [6.07, 6.45) is 0.319. The molecule has 1 rings (SSSR count). The van der Waals surface area contributed by atoms with Crippen molar-refractivity contribution in [2.45, 2.75) is 6.42 Å². The highest BCUT2D eigenvalue weighted by molar-refractivity contribution is 5.65. The van der Waals surface area contributed by atoms with Gasteiger partial charge in [-0.25, -0.2) is 0 Å². The number of ether oxygens (including phenoxy) is 1. The largest absolute Gasteiger partial charge is 0.496 e. The molecular weight excluding hydrogens is 222 g/mol. The maximum absolute atomic E-state index is 10.9. The molecule has 0 heterocycles. The minimum Gasteiger partial charge on any atom is -0.496 e. The fourth-order valence-electron chi connectivity index (χ4n) is 1.44. The summed E-state index contributed by atoms with van der Waals surface area (Å²) in [6.45, 7) is 0.448. The van der Waals surface area contributed by atoms with Gasteiger partial charge in [0.1, 0.15) is 11.4 Å². The van der Waals surface area contributed by atoms with Crippen LogP contribution in [-0.2, 0) is 0 Å². The maximum atomic E-state index is 10.9. The SMILES string of the molecule is COc1ccc(N(C)CCC#N)c([N+](=O)[O-])c1. The van der Waals surface area contributed by atoms with Crippen LogP contribution in [0.25, 0.3) is 0 Å². The van der Waals surface area contributed by atoms with Gasteiger partial charge in [-0.1, -0.05) is 0 Å². The van der Waals surface area contributed by atoms with Gasteiger partial charge < -0.3 is 9.64 Å². The predicted molar refractivity (Wildman–Crippen MR) is 63.1 cm³/mol. The molecule has 0 spiro atoms. The molecule has 0 bridgehead atoms. The highest BCUT2D eigenvalue weighted by Crippen LogP contribution is 2.31. The first-order chi connectivity index (χ1) is 8.10. The van der Waals surface area contributed by atoms with Gasteiger partial charge in [-0.3, -0.25) is 10.1 Å². The van der Waals surface area contributed by atoms with Crippen LogP contribution >= 0.6 is 0 Å². The molecule has 6 heteroatoms. The number of nitro groups is 1.